The molecule has 0 spiro atoms. The third-order valence-electron chi connectivity index (χ3n) is 5.06. The summed E-state index contributed by atoms with van der Waals surface area (Å²) >= 11 is 0. The van der Waals surface area contributed by atoms with Crippen LogP contribution in [0.1, 0.15) is 30.0 Å². The molecule has 1 atom stereocenters. The van der Waals surface area contributed by atoms with E-state index in [1.807, 2.05) is 0 Å². The molecule has 1 aliphatic rings. The summed E-state index contributed by atoms with van der Waals surface area (Å²) in [7, 11) is 0. The lowest BCUT2D eigenvalue weighted by Gasteiger charge is -2.29. The Labute approximate surface area is 146 Å². The standard InChI is InChI=1S/C22H29NO/c1-3-19(16-20-6-4-18(2)5-7-20)17-21-8-10-22(11-9-21)23-12-14-24-15-13-23/h4-11,19H,3,12-17H2,1-2H3. The third-order valence-corrected chi connectivity index (χ3v) is 5.06. The van der Waals surface area contributed by atoms with Gasteiger partial charge in [0.25, 0.3) is 0 Å². The van der Waals surface area contributed by atoms with Gasteiger partial charge in [-0.2, -0.15) is 0 Å². The van der Waals surface area contributed by atoms with Crippen LogP contribution in [0, 0.1) is 12.8 Å². The highest BCUT2D eigenvalue weighted by molar-refractivity contribution is 5.48. The van der Waals surface area contributed by atoms with Gasteiger partial charge in [-0.3, -0.25) is 0 Å². The molecule has 0 N–H and O–H groups in total. The number of morpholine rings is 1. The number of ether oxygens (including phenoxy) is 1. The summed E-state index contributed by atoms with van der Waals surface area (Å²) in [6.45, 7) is 8.15. The number of hydrogen-bond donors (Lipinski definition) is 0. The molecule has 0 bridgehead atoms. The monoisotopic (exact) mass is 323 g/mol. The van der Waals surface area contributed by atoms with Crippen LogP contribution in [0.5, 0.6) is 0 Å². The minimum atomic E-state index is 0.710. The molecule has 2 nitrogen and oxygen atoms in total. The molecule has 2 heteroatoms. The molecule has 0 amide bonds. The molecule has 0 saturated carbocycles. The molecule has 128 valence electrons. The van der Waals surface area contributed by atoms with Crippen molar-refractivity contribution in [1.29, 1.82) is 0 Å². The topological polar surface area (TPSA) is 12.5 Å². The number of benzene rings is 2. The first kappa shape index (κ1) is 17.0. The van der Waals surface area contributed by atoms with Gasteiger partial charge >= 0.3 is 0 Å². The SMILES string of the molecule is CCC(Cc1ccc(C)cc1)Cc1ccc(N2CCOCC2)cc1. The molecule has 24 heavy (non-hydrogen) atoms. The van der Waals surface area contributed by atoms with E-state index in [9.17, 15) is 0 Å². The molecular formula is C22H29NO. The summed E-state index contributed by atoms with van der Waals surface area (Å²) in [6, 6.07) is 18.2. The van der Waals surface area contributed by atoms with Crippen LogP contribution in [0.2, 0.25) is 0 Å². The Bertz CT molecular complexity index is 611. The van der Waals surface area contributed by atoms with Gasteiger partial charge in [0.15, 0.2) is 0 Å². The molecule has 0 aliphatic carbocycles. The van der Waals surface area contributed by atoms with Crippen LogP contribution in [0.4, 0.5) is 5.69 Å². The molecule has 0 radical (unpaired) electrons. The maximum Gasteiger partial charge on any atom is 0.0642 e. The Morgan fingerprint density at radius 3 is 1.96 bits per heavy atom. The average molecular weight is 323 g/mol. The average Bonchev–Trinajstić information content (AvgIpc) is 2.64. The van der Waals surface area contributed by atoms with Crippen molar-refractivity contribution >= 4 is 5.69 Å². The lowest BCUT2D eigenvalue weighted by molar-refractivity contribution is 0.122. The third kappa shape index (κ3) is 4.61. The first-order chi connectivity index (χ1) is 11.7. The van der Waals surface area contributed by atoms with E-state index in [4.69, 9.17) is 4.74 Å². The van der Waals surface area contributed by atoms with Crippen LogP contribution < -0.4 is 4.90 Å². The second kappa shape index (κ2) is 8.34. The Morgan fingerprint density at radius 2 is 1.42 bits per heavy atom. The molecule has 1 heterocycles. The summed E-state index contributed by atoms with van der Waals surface area (Å²) in [5.41, 5.74) is 5.57. The molecule has 1 unspecified atom stereocenters. The number of nitrogens with zero attached hydrogens (tertiary/aromatic N) is 1. The van der Waals surface area contributed by atoms with Gasteiger partial charge in [0, 0.05) is 18.8 Å². The maximum absolute atomic E-state index is 5.43. The van der Waals surface area contributed by atoms with Gasteiger partial charge in [0.1, 0.15) is 0 Å². The fourth-order valence-electron chi connectivity index (χ4n) is 3.42. The van der Waals surface area contributed by atoms with Crippen molar-refractivity contribution in [3.05, 3.63) is 65.2 Å². The highest BCUT2D eigenvalue weighted by Crippen LogP contribution is 2.21. The lowest BCUT2D eigenvalue weighted by atomic mass is 9.90. The van der Waals surface area contributed by atoms with Gasteiger partial charge in [-0.1, -0.05) is 55.3 Å². The van der Waals surface area contributed by atoms with Crippen molar-refractivity contribution in [1.82, 2.24) is 0 Å². The van der Waals surface area contributed by atoms with Crippen molar-refractivity contribution in [3.8, 4) is 0 Å². The zero-order valence-corrected chi connectivity index (χ0v) is 15.0. The Kier molecular flexibility index (Phi) is 5.92. The Hall–Kier alpha value is -1.80. The van der Waals surface area contributed by atoms with Gasteiger partial charge in [0.05, 0.1) is 13.2 Å². The second-order valence-electron chi connectivity index (χ2n) is 6.93. The minimum absolute atomic E-state index is 0.710. The normalized spacial score (nSPS) is 16.2. The van der Waals surface area contributed by atoms with Gasteiger partial charge in [-0.25, -0.2) is 0 Å². The van der Waals surface area contributed by atoms with Crippen LogP contribution in [0.15, 0.2) is 48.5 Å². The molecule has 2 aromatic rings. The largest absolute Gasteiger partial charge is 0.378 e. The summed E-state index contributed by atoms with van der Waals surface area (Å²) < 4.78 is 5.43. The molecule has 3 rings (SSSR count). The highest BCUT2D eigenvalue weighted by atomic mass is 16.5. The zero-order chi connectivity index (χ0) is 16.8. The Balaban J connectivity index is 1.59. The molecule has 1 saturated heterocycles. The molecule has 0 aromatic heterocycles. The lowest BCUT2D eigenvalue weighted by Crippen LogP contribution is -2.36. The second-order valence-corrected chi connectivity index (χ2v) is 6.93. The van der Waals surface area contributed by atoms with E-state index >= 15 is 0 Å². The van der Waals surface area contributed by atoms with E-state index < -0.39 is 0 Å². The number of rotatable bonds is 6. The molecular weight excluding hydrogens is 294 g/mol. The maximum atomic E-state index is 5.43. The van der Waals surface area contributed by atoms with Crippen molar-refractivity contribution in [2.75, 3.05) is 31.2 Å². The predicted molar refractivity (Wildman–Crippen MR) is 102 cm³/mol. The molecule has 1 aliphatic heterocycles. The van der Waals surface area contributed by atoms with E-state index in [-0.39, 0.29) is 0 Å². The predicted octanol–water partition coefficient (Wildman–Crippen LogP) is 4.64. The highest BCUT2D eigenvalue weighted by Gasteiger charge is 2.12. The Morgan fingerprint density at radius 1 is 0.875 bits per heavy atom. The zero-order valence-electron chi connectivity index (χ0n) is 15.0. The summed E-state index contributed by atoms with van der Waals surface area (Å²) in [5.74, 6) is 0.710. The summed E-state index contributed by atoms with van der Waals surface area (Å²) in [5, 5.41) is 0. The summed E-state index contributed by atoms with van der Waals surface area (Å²) in [4.78, 5) is 2.41. The van der Waals surface area contributed by atoms with Crippen LogP contribution in [-0.2, 0) is 17.6 Å². The van der Waals surface area contributed by atoms with Crippen LogP contribution in [0.25, 0.3) is 0 Å². The van der Waals surface area contributed by atoms with E-state index in [2.05, 4.69) is 67.3 Å². The van der Waals surface area contributed by atoms with Gasteiger partial charge < -0.3 is 9.64 Å². The number of anilines is 1. The van der Waals surface area contributed by atoms with E-state index in [1.165, 1.54) is 35.2 Å². The fraction of sp³-hybridized carbons (Fsp3) is 0.455. The molecule has 2 aromatic carbocycles. The first-order valence-corrected chi connectivity index (χ1v) is 9.22. The quantitative estimate of drug-likeness (QED) is 0.767. The molecule has 1 fully saturated rings. The van der Waals surface area contributed by atoms with Crippen molar-refractivity contribution in [3.63, 3.8) is 0 Å². The van der Waals surface area contributed by atoms with E-state index in [0.717, 1.165) is 32.7 Å². The number of aryl methyl sites for hydroxylation is 1. The minimum Gasteiger partial charge on any atom is -0.378 e. The van der Waals surface area contributed by atoms with Crippen molar-refractivity contribution in [2.24, 2.45) is 5.92 Å². The van der Waals surface area contributed by atoms with Crippen molar-refractivity contribution in [2.45, 2.75) is 33.1 Å². The van der Waals surface area contributed by atoms with Gasteiger partial charge in [-0.05, 0) is 48.9 Å². The van der Waals surface area contributed by atoms with Crippen molar-refractivity contribution < 1.29 is 4.74 Å². The van der Waals surface area contributed by atoms with Gasteiger partial charge in [0.2, 0.25) is 0 Å². The van der Waals surface area contributed by atoms with Gasteiger partial charge in [-0.15, -0.1) is 0 Å². The van der Waals surface area contributed by atoms with E-state index in [1.54, 1.807) is 0 Å². The first-order valence-electron chi connectivity index (χ1n) is 9.22. The summed E-state index contributed by atoms with van der Waals surface area (Å²) in [6.07, 6.45) is 3.55. The number of hydrogen-bond acceptors (Lipinski definition) is 2. The van der Waals surface area contributed by atoms with E-state index in [0.29, 0.717) is 5.92 Å². The van der Waals surface area contributed by atoms with Crippen LogP contribution >= 0.6 is 0 Å². The van der Waals surface area contributed by atoms with Crippen LogP contribution in [-0.4, -0.2) is 26.3 Å². The van der Waals surface area contributed by atoms with Crippen LogP contribution in [0.3, 0.4) is 0 Å². The fourth-order valence-corrected chi connectivity index (χ4v) is 3.42. The smallest absolute Gasteiger partial charge is 0.0642 e.